The second-order valence-corrected chi connectivity index (χ2v) is 3.43. The first-order valence-electron chi connectivity index (χ1n) is 5.95. The zero-order valence-corrected chi connectivity index (χ0v) is 11.9. The lowest BCUT2D eigenvalue weighted by Gasteiger charge is -2.18. The molecule has 0 aromatic heterocycles. The van der Waals surface area contributed by atoms with Gasteiger partial charge in [-0.2, -0.15) is 0 Å². The van der Waals surface area contributed by atoms with Crippen LogP contribution in [-0.4, -0.2) is 31.8 Å². The van der Waals surface area contributed by atoms with Crippen molar-refractivity contribution in [3.63, 3.8) is 0 Å². The van der Waals surface area contributed by atoms with Gasteiger partial charge in [-0.25, -0.2) is 4.79 Å². The first-order chi connectivity index (χ1) is 8.99. The van der Waals surface area contributed by atoms with Gasteiger partial charge in [-0.05, 0) is 12.1 Å². The number of esters is 1. The van der Waals surface area contributed by atoms with Crippen molar-refractivity contribution in [1.82, 2.24) is 0 Å². The summed E-state index contributed by atoms with van der Waals surface area (Å²) in [6.45, 7) is 5.18. The van der Waals surface area contributed by atoms with Gasteiger partial charge in [0.05, 0.1) is 18.4 Å². The first kappa shape index (κ1) is 16.8. The zero-order valence-electron chi connectivity index (χ0n) is 11.9. The van der Waals surface area contributed by atoms with Gasteiger partial charge < -0.3 is 9.64 Å². The van der Waals surface area contributed by atoms with Crippen molar-refractivity contribution in [3.05, 3.63) is 29.8 Å². The molecule has 0 spiro atoms. The lowest BCUT2D eigenvalue weighted by molar-refractivity contribution is -0.134. The number of carbonyl (C=O) groups is 3. The van der Waals surface area contributed by atoms with Crippen LogP contribution in [0.5, 0.6) is 0 Å². The van der Waals surface area contributed by atoms with Gasteiger partial charge in [0.25, 0.3) is 5.91 Å². The molecule has 0 unspecified atom stereocenters. The van der Waals surface area contributed by atoms with Gasteiger partial charge in [0.1, 0.15) is 0 Å². The number of para-hydroxylation sites is 1. The average Bonchev–Trinajstić information content (AvgIpc) is 2.46. The predicted octanol–water partition coefficient (Wildman–Crippen LogP) is 2.05. The quantitative estimate of drug-likeness (QED) is 0.620. The number of nitrogens with zero attached hydrogens (tertiary/aromatic N) is 1. The van der Waals surface area contributed by atoms with Crippen LogP contribution in [0.4, 0.5) is 5.69 Å². The minimum atomic E-state index is -0.679. The Bertz CT molecular complexity index is 468. The molecule has 0 fully saturated rings. The van der Waals surface area contributed by atoms with Crippen LogP contribution in [0, 0.1) is 0 Å². The number of methoxy groups -OCH3 is 1. The molecular formula is C14H19NO4. The molecule has 0 saturated carbocycles. The average molecular weight is 265 g/mol. The fourth-order valence-electron chi connectivity index (χ4n) is 1.39. The molecule has 104 valence electrons. The fourth-order valence-corrected chi connectivity index (χ4v) is 1.39. The van der Waals surface area contributed by atoms with Crippen molar-refractivity contribution in [3.8, 4) is 0 Å². The molecule has 5 heteroatoms. The summed E-state index contributed by atoms with van der Waals surface area (Å²) in [5, 5.41) is 0. The number of hydrogen-bond acceptors (Lipinski definition) is 4. The Balaban J connectivity index is 0.00000154. The maximum Gasteiger partial charge on any atom is 0.339 e. The summed E-state index contributed by atoms with van der Waals surface area (Å²) in [6.07, 6.45) is 0. The molecule has 0 N–H and O–H groups in total. The highest BCUT2D eigenvalue weighted by Gasteiger charge is 2.20. The van der Waals surface area contributed by atoms with E-state index in [4.69, 9.17) is 0 Å². The number of rotatable bonds is 3. The van der Waals surface area contributed by atoms with Crippen molar-refractivity contribution in [2.45, 2.75) is 20.8 Å². The van der Waals surface area contributed by atoms with Crippen molar-refractivity contribution in [2.75, 3.05) is 19.1 Å². The predicted molar refractivity (Wildman–Crippen MR) is 73.2 cm³/mol. The molecule has 0 bridgehead atoms. The van der Waals surface area contributed by atoms with Crippen molar-refractivity contribution in [1.29, 1.82) is 0 Å². The maximum atomic E-state index is 11.5. The van der Waals surface area contributed by atoms with E-state index in [1.807, 2.05) is 13.8 Å². The number of hydrogen-bond donors (Lipinski definition) is 0. The summed E-state index contributed by atoms with van der Waals surface area (Å²) >= 11 is 0. The van der Waals surface area contributed by atoms with Crippen LogP contribution < -0.4 is 4.90 Å². The van der Waals surface area contributed by atoms with Gasteiger partial charge in [0, 0.05) is 14.0 Å². The third-order valence-electron chi connectivity index (χ3n) is 2.28. The van der Waals surface area contributed by atoms with Gasteiger partial charge in [0.15, 0.2) is 0 Å². The van der Waals surface area contributed by atoms with Gasteiger partial charge >= 0.3 is 5.97 Å². The molecule has 19 heavy (non-hydrogen) atoms. The van der Waals surface area contributed by atoms with Crippen molar-refractivity contribution >= 4 is 23.3 Å². The molecular weight excluding hydrogens is 246 g/mol. The van der Waals surface area contributed by atoms with Crippen LogP contribution in [0.1, 0.15) is 31.1 Å². The molecule has 0 radical (unpaired) electrons. The third-order valence-corrected chi connectivity index (χ3v) is 2.28. The summed E-state index contributed by atoms with van der Waals surface area (Å²) in [5.41, 5.74) is 0.589. The van der Waals surface area contributed by atoms with Gasteiger partial charge in [-0.1, -0.05) is 26.0 Å². The highest BCUT2D eigenvalue weighted by molar-refractivity contribution is 6.40. The number of anilines is 1. The number of Topliss-reactive ketones (excluding diaryl/α,β-unsaturated/α-hetero) is 1. The molecule has 0 aliphatic rings. The van der Waals surface area contributed by atoms with E-state index in [-0.39, 0.29) is 5.56 Å². The van der Waals surface area contributed by atoms with Gasteiger partial charge in [0.2, 0.25) is 5.78 Å². The van der Waals surface area contributed by atoms with E-state index >= 15 is 0 Å². The molecule has 0 heterocycles. The molecule has 0 aliphatic heterocycles. The molecule has 0 aliphatic carbocycles. The normalized spacial score (nSPS) is 8.89. The van der Waals surface area contributed by atoms with Crippen molar-refractivity contribution < 1.29 is 19.1 Å². The van der Waals surface area contributed by atoms with Gasteiger partial charge in [-0.15, -0.1) is 0 Å². The second kappa shape index (κ2) is 8.02. The molecule has 1 aromatic carbocycles. The Morgan fingerprint density at radius 2 is 1.63 bits per heavy atom. The summed E-state index contributed by atoms with van der Waals surface area (Å²) in [4.78, 5) is 35.2. The van der Waals surface area contributed by atoms with E-state index < -0.39 is 17.7 Å². The van der Waals surface area contributed by atoms with Crippen molar-refractivity contribution in [2.24, 2.45) is 0 Å². The standard InChI is InChI=1S/C12H13NO4.C2H6/c1-8(14)11(15)13(2)10-7-5-4-6-9(10)12(16)17-3;1-2/h4-7H,1-3H3;1-2H3. The first-order valence-corrected chi connectivity index (χ1v) is 5.95. The van der Waals surface area contributed by atoms with Crippen LogP contribution in [-0.2, 0) is 14.3 Å². The number of ether oxygens (including phenoxy) is 1. The smallest absolute Gasteiger partial charge is 0.339 e. The van der Waals surface area contributed by atoms with Crippen LogP contribution in [0.25, 0.3) is 0 Å². The third kappa shape index (κ3) is 4.21. The molecule has 0 saturated heterocycles. The fraction of sp³-hybridized carbons (Fsp3) is 0.357. The Morgan fingerprint density at radius 3 is 2.11 bits per heavy atom. The van der Waals surface area contributed by atoms with Gasteiger partial charge in [-0.3, -0.25) is 9.59 Å². The highest BCUT2D eigenvalue weighted by atomic mass is 16.5. The summed E-state index contributed by atoms with van der Waals surface area (Å²) in [7, 11) is 2.69. The van der Waals surface area contributed by atoms with Crippen LogP contribution in [0.2, 0.25) is 0 Å². The number of ketones is 1. The van der Waals surface area contributed by atoms with E-state index in [1.165, 1.54) is 27.1 Å². The lowest BCUT2D eigenvalue weighted by Crippen LogP contribution is -2.32. The molecule has 1 amide bonds. The SMILES string of the molecule is CC.COC(=O)c1ccccc1N(C)C(=O)C(C)=O. The largest absolute Gasteiger partial charge is 0.465 e. The van der Waals surface area contributed by atoms with Crippen LogP contribution >= 0.6 is 0 Å². The minimum absolute atomic E-state index is 0.243. The number of likely N-dealkylation sites (N-methyl/N-ethyl adjacent to an activating group) is 1. The van der Waals surface area contributed by atoms with E-state index in [0.29, 0.717) is 5.69 Å². The topological polar surface area (TPSA) is 63.7 Å². The number of amides is 1. The van der Waals surface area contributed by atoms with E-state index in [1.54, 1.807) is 18.2 Å². The van der Waals surface area contributed by atoms with E-state index in [2.05, 4.69) is 4.74 Å². The molecule has 0 atom stereocenters. The summed E-state index contributed by atoms with van der Waals surface area (Å²) in [5.74, 6) is -1.82. The Hall–Kier alpha value is -2.17. The Labute approximate surface area is 113 Å². The van der Waals surface area contributed by atoms with Crippen LogP contribution in [0.15, 0.2) is 24.3 Å². The van der Waals surface area contributed by atoms with E-state index in [0.717, 1.165) is 4.90 Å². The number of benzene rings is 1. The Morgan fingerprint density at radius 1 is 1.11 bits per heavy atom. The number of carbonyl (C=O) groups excluding carboxylic acids is 3. The van der Waals surface area contributed by atoms with Crippen LogP contribution in [0.3, 0.4) is 0 Å². The lowest BCUT2D eigenvalue weighted by atomic mass is 10.1. The maximum absolute atomic E-state index is 11.5. The second-order valence-electron chi connectivity index (χ2n) is 3.43. The Kier molecular flexibility index (Phi) is 7.11. The molecule has 1 aromatic rings. The minimum Gasteiger partial charge on any atom is -0.465 e. The monoisotopic (exact) mass is 265 g/mol. The highest BCUT2D eigenvalue weighted by Crippen LogP contribution is 2.20. The summed E-state index contributed by atoms with van der Waals surface area (Å²) in [6, 6.07) is 6.44. The zero-order chi connectivity index (χ0) is 15.0. The molecule has 5 nitrogen and oxygen atoms in total. The molecule has 1 rings (SSSR count). The van der Waals surface area contributed by atoms with E-state index in [9.17, 15) is 14.4 Å². The summed E-state index contributed by atoms with van der Waals surface area (Å²) < 4.78 is 4.61.